The largest absolute Gasteiger partial charge is 0.497 e. The van der Waals surface area contributed by atoms with Crippen molar-refractivity contribution >= 4 is 17.3 Å². The Morgan fingerprint density at radius 2 is 1.74 bits per heavy atom. The molecule has 0 fully saturated rings. The number of methoxy groups -OCH3 is 1. The molecule has 100 valence electrons. The highest BCUT2D eigenvalue weighted by atomic mass is 35.5. The summed E-state index contributed by atoms with van der Waals surface area (Å²) in [5.74, 6) is 0.779. The first-order chi connectivity index (χ1) is 9.19. The van der Waals surface area contributed by atoms with E-state index in [1.54, 1.807) is 7.11 Å². The molecule has 2 aromatic rings. The lowest BCUT2D eigenvalue weighted by molar-refractivity contribution is 0.191. The van der Waals surface area contributed by atoms with E-state index in [0.29, 0.717) is 11.6 Å². The number of hydrogen-bond donors (Lipinski definition) is 2. The van der Waals surface area contributed by atoms with Gasteiger partial charge in [-0.05, 0) is 42.0 Å². The van der Waals surface area contributed by atoms with Crippen LogP contribution in [-0.4, -0.2) is 18.8 Å². The zero-order valence-electron chi connectivity index (χ0n) is 10.6. The molecule has 19 heavy (non-hydrogen) atoms. The fourth-order valence-corrected chi connectivity index (χ4v) is 1.85. The molecule has 1 unspecified atom stereocenters. The molecule has 0 aliphatic carbocycles. The van der Waals surface area contributed by atoms with Crippen molar-refractivity contribution in [3.05, 3.63) is 59.1 Å². The molecular weight excluding hydrogens is 262 g/mol. The van der Waals surface area contributed by atoms with Crippen LogP contribution in [0.2, 0.25) is 5.02 Å². The minimum absolute atomic E-state index is 0.438. The number of hydrogen-bond acceptors (Lipinski definition) is 3. The molecule has 3 nitrogen and oxygen atoms in total. The van der Waals surface area contributed by atoms with E-state index in [2.05, 4.69) is 5.32 Å². The fraction of sp³-hybridized carbons (Fsp3) is 0.200. The topological polar surface area (TPSA) is 41.5 Å². The Bertz CT molecular complexity index is 511. The summed E-state index contributed by atoms with van der Waals surface area (Å²) in [6.07, 6.45) is -0.568. The van der Waals surface area contributed by atoms with Gasteiger partial charge in [-0.1, -0.05) is 23.7 Å². The van der Waals surface area contributed by atoms with E-state index in [4.69, 9.17) is 16.3 Å². The summed E-state index contributed by atoms with van der Waals surface area (Å²) in [7, 11) is 1.62. The lowest BCUT2D eigenvalue weighted by Crippen LogP contribution is -2.11. The van der Waals surface area contributed by atoms with Crippen LogP contribution >= 0.6 is 11.6 Å². The number of ether oxygens (including phenoxy) is 1. The van der Waals surface area contributed by atoms with E-state index in [1.807, 2.05) is 48.5 Å². The van der Waals surface area contributed by atoms with Gasteiger partial charge in [0.2, 0.25) is 0 Å². The number of rotatable bonds is 5. The van der Waals surface area contributed by atoms with Crippen LogP contribution in [0.4, 0.5) is 5.69 Å². The van der Waals surface area contributed by atoms with Gasteiger partial charge in [0.1, 0.15) is 5.75 Å². The van der Waals surface area contributed by atoms with Gasteiger partial charge < -0.3 is 15.2 Å². The van der Waals surface area contributed by atoms with Gasteiger partial charge in [-0.3, -0.25) is 0 Å². The first-order valence-electron chi connectivity index (χ1n) is 6.00. The maximum Gasteiger partial charge on any atom is 0.118 e. The highest BCUT2D eigenvalue weighted by molar-refractivity contribution is 6.30. The zero-order valence-corrected chi connectivity index (χ0v) is 11.4. The first kappa shape index (κ1) is 13.7. The maximum absolute atomic E-state index is 10.1. The van der Waals surface area contributed by atoms with E-state index < -0.39 is 6.10 Å². The lowest BCUT2D eigenvalue weighted by atomic mass is 10.1. The number of halogens is 1. The van der Waals surface area contributed by atoms with Gasteiger partial charge in [-0.25, -0.2) is 0 Å². The van der Waals surface area contributed by atoms with Gasteiger partial charge in [-0.15, -0.1) is 0 Å². The zero-order chi connectivity index (χ0) is 13.7. The fourth-order valence-electron chi connectivity index (χ4n) is 1.73. The van der Waals surface area contributed by atoms with Crippen LogP contribution in [0.15, 0.2) is 48.5 Å². The summed E-state index contributed by atoms with van der Waals surface area (Å²) in [5.41, 5.74) is 1.78. The molecule has 0 amide bonds. The quantitative estimate of drug-likeness (QED) is 0.879. The number of nitrogens with one attached hydrogen (secondary N) is 1. The smallest absolute Gasteiger partial charge is 0.118 e. The predicted molar refractivity (Wildman–Crippen MR) is 77.9 cm³/mol. The summed E-state index contributed by atoms with van der Waals surface area (Å²) >= 11 is 5.81. The third kappa shape index (κ3) is 3.88. The van der Waals surface area contributed by atoms with Crippen molar-refractivity contribution in [1.82, 2.24) is 0 Å². The number of aliphatic hydroxyl groups excluding tert-OH is 1. The molecule has 0 saturated carbocycles. The van der Waals surface area contributed by atoms with Crippen molar-refractivity contribution in [2.24, 2.45) is 0 Å². The second-order valence-electron chi connectivity index (χ2n) is 4.18. The highest BCUT2D eigenvalue weighted by Gasteiger charge is 2.07. The Morgan fingerprint density at radius 3 is 2.32 bits per heavy atom. The van der Waals surface area contributed by atoms with Crippen LogP contribution in [0.5, 0.6) is 5.75 Å². The molecule has 0 saturated heterocycles. The Labute approximate surface area is 117 Å². The van der Waals surface area contributed by atoms with Crippen molar-refractivity contribution in [2.75, 3.05) is 19.0 Å². The Kier molecular flexibility index (Phi) is 4.66. The summed E-state index contributed by atoms with van der Waals surface area (Å²) < 4.78 is 5.08. The maximum atomic E-state index is 10.1. The minimum Gasteiger partial charge on any atom is -0.497 e. The van der Waals surface area contributed by atoms with Crippen molar-refractivity contribution in [2.45, 2.75) is 6.10 Å². The first-order valence-corrected chi connectivity index (χ1v) is 6.38. The molecule has 0 heterocycles. The summed E-state index contributed by atoms with van der Waals surface area (Å²) in [4.78, 5) is 0. The van der Waals surface area contributed by atoms with Crippen LogP contribution in [0.1, 0.15) is 11.7 Å². The highest BCUT2D eigenvalue weighted by Crippen LogP contribution is 2.19. The SMILES string of the molecule is COc1ccc(C(O)CNc2ccc(Cl)cc2)cc1. The molecule has 1 atom stereocenters. The van der Waals surface area contributed by atoms with Crippen LogP contribution < -0.4 is 10.1 Å². The Balaban J connectivity index is 1.93. The minimum atomic E-state index is -0.568. The molecular formula is C15H16ClNO2. The summed E-state index contributed by atoms with van der Waals surface area (Å²) in [5, 5.41) is 13.9. The number of aliphatic hydroxyl groups is 1. The predicted octanol–water partition coefficient (Wildman–Crippen LogP) is 3.49. The molecule has 2 aromatic carbocycles. The van der Waals surface area contributed by atoms with Crippen LogP contribution in [0.25, 0.3) is 0 Å². The molecule has 2 rings (SSSR count). The van der Waals surface area contributed by atoms with Gasteiger partial charge >= 0.3 is 0 Å². The Morgan fingerprint density at radius 1 is 1.11 bits per heavy atom. The van der Waals surface area contributed by atoms with Crippen molar-refractivity contribution in [3.63, 3.8) is 0 Å². The van der Waals surface area contributed by atoms with Gasteiger partial charge in [0.05, 0.1) is 13.2 Å². The van der Waals surface area contributed by atoms with E-state index >= 15 is 0 Å². The monoisotopic (exact) mass is 277 g/mol. The van der Waals surface area contributed by atoms with Crippen LogP contribution in [0.3, 0.4) is 0 Å². The molecule has 0 bridgehead atoms. The molecule has 0 aromatic heterocycles. The Hall–Kier alpha value is -1.71. The molecule has 2 N–H and O–H groups in total. The normalized spacial score (nSPS) is 11.9. The summed E-state index contributed by atoms with van der Waals surface area (Å²) in [6, 6.07) is 14.8. The van der Waals surface area contributed by atoms with E-state index in [-0.39, 0.29) is 0 Å². The van der Waals surface area contributed by atoms with Gasteiger partial charge in [0, 0.05) is 17.3 Å². The average Bonchev–Trinajstić information content (AvgIpc) is 2.46. The van der Waals surface area contributed by atoms with Crippen LogP contribution in [-0.2, 0) is 0 Å². The molecule has 0 spiro atoms. The third-order valence-electron chi connectivity index (χ3n) is 2.84. The van der Waals surface area contributed by atoms with E-state index in [1.165, 1.54) is 0 Å². The second kappa shape index (κ2) is 6.45. The van der Waals surface area contributed by atoms with Gasteiger partial charge in [0.25, 0.3) is 0 Å². The molecule has 0 aliphatic rings. The standard InChI is InChI=1S/C15H16ClNO2/c1-19-14-8-2-11(3-9-14)15(18)10-17-13-6-4-12(16)5-7-13/h2-9,15,17-18H,10H2,1H3. The summed E-state index contributed by atoms with van der Waals surface area (Å²) in [6.45, 7) is 0.438. The van der Waals surface area contributed by atoms with Crippen molar-refractivity contribution in [3.8, 4) is 5.75 Å². The second-order valence-corrected chi connectivity index (χ2v) is 4.61. The number of benzene rings is 2. The van der Waals surface area contributed by atoms with Gasteiger partial charge in [-0.2, -0.15) is 0 Å². The van der Waals surface area contributed by atoms with Crippen molar-refractivity contribution < 1.29 is 9.84 Å². The van der Waals surface area contributed by atoms with E-state index in [9.17, 15) is 5.11 Å². The lowest BCUT2D eigenvalue weighted by Gasteiger charge is -2.13. The van der Waals surface area contributed by atoms with Crippen LogP contribution in [0, 0.1) is 0 Å². The van der Waals surface area contributed by atoms with E-state index in [0.717, 1.165) is 17.0 Å². The van der Waals surface area contributed by atoms with Gasteiger partial charge in [0.15, 0.2) is 0 Å². The number of anilines is 1. The third-order valence-corrected chi connectivity index (χ3v) is 3.10. The molecule has 0 radical (unpaired) electrons. The average molecular weight is 278 g/mol. The molecule has 0 aliphatic heterocycles. The molecule has 4 heteroatoms. The van der Waals surface area contributed by atoms with Crippen molar-refractivity contribution in [1.29, 1.82) is 0 Å².